The highest BCUT2D eigenvalue weighted by molar-refractivity contribution is 5.95. The van der Waals surface area contributed by atoms with Crippen molar-refractivity contribution in [3.05, 3.63) is 59.9 Å². The topological polar surface area (TPSA) is 51.2 Å². The van der Waals surface area contributed by atoms with Gasteiger partial charge in [-0.15, -0.1) is 0 Å². The summed E-state index contributed by atoms with van der Waals surface area (Å²) in [5, 5.41) is 3.18. The molecule has 1 aliphatic carbocycles. The second kappa shape index (κ2) is 6.36. The van der Waals surface area contributed by atoms with Crippen LogP contribution in [0.4, 0.5) is 0 Å². The highest BCUT2D eigenvalue weighted by Gasteiger charge is 2.27. The molecule has 1 N–H and O–H groups in total. The average molecular weight is 334 g/mol. The number of nitrogens with one attached hydrogen (secondary N) is 1. The van der Waals surface area contributed by atoms with Gasteiger partial charge in [0.2, 0.25) is 0 Å². The molecule has 1 unspecified atom stereocenters. The van der Waals surface area contributed by atoms with Gasteiger partial charge in [-0.05, 0) is 55.5 Å². The molecule has 0 fully saturated rings. The largest absolute Gasteiger partial charge is 0.493 e. The number of aromatic nitrogens is 1. The van der Waals surface area contributed by atoms with Crippen molar-refractivity contribution < 1.29 is 9.53 Å². The fraction of sp³-hybridized carbons (Fsp3) is 0.333. The number of nitrogens with zero attached hydrogens (tertiary/aromatic N) is 1. The van der Waals surface area contributed by atoms with Crippen LogP contribution in [-0.2, 0) is 6.42 Å². The summed E-state index contributed by atoms with van der Waals surface area (Å²) >= 11 is 0. The first-order chi connectivity index (χ1) is 12.1. The van der Waals surface area contributed by atoms with Crippen LogP contribution in [0.25, 0.3) is 11.1 Å². The number of amides is 1. The standard InChI is InChI=1S/C21H22N2O2/c1-21(8-3-2-4-9-21)23-20(24)18-12-17(13-22-14-18)15-5-6-19-16(11-15)7-10-25-19/h2-3,5-6,11-14H,4,7-10H2,1H3,(H,23,24). The van der Waals surface area contributed by atoms with Crippen LogP contribution in [0, 0.1) is 0 Å². The van der Waals surface area contributed by atoms with Crippen LogP contribution in [-0.4, -0.2) is 23.0 Å². The third kappa shape index (κ3) is 3.29. The Hall–Kier alpha value is -2.62. The van der Waals surface area contributed by atoms with Gasteiger partial charge in [-0.25, -0.2) is 0 Å². The molecule has 1 aromatic heterocycles. The van der Waals surface area contributed by atoms with Gasteiger partial charge in [0.15, 0.2) is 0 Å². The van der Waals surface area contributed by atoms with E-state index in [0.717, 1.165) is 49.2 Å². The molecule has 1 aliphatic heterocycles. The summed E-state index contributed by atoms with van der Waals surface area (Å²) in [7, 11) is 0. The van der Waals surface area contributed by atoms with E-state index in [1.165, 1.54) is 5.56 Å². The van der Waals surface area contributed by atoms with Crippen LogP contribution in [0.2, 0.25) is 0 Å². The summed E-state index contributed by atoms with van der Waals surface area (Å²) < 4.78 is 5.56. The molecule has 1 amide bonds. The van der Waals surface area contributed by atoms with E-state index < -0.39 is 0 Å². The van der Waals surface area contributed by atoms with E-state index in [2.05, 4.69) is 35.4 Å². The van der Waals surface area contributed by atoms with Gasteiger partial charge in [-0.1, -0.05) is 18.2 Å². The molecule has 2 aliphatic rings. The predicted molar refractivity (Wildman–Crippen MR) is 97.7 cm³/mol. The molecule has 128 valence electrons. The maximum Gasteiger partial charge on any atom is 0.253 e. The number of allylic oxidation sites excluding steroid dienone is 1. The van der Waals surface area contributed by atoms with Crippen molar-refractivity contribution in [1.29, 1.82) is 0 Å². The van der Waals surface area contributed by atoms with Crippen molar-refractivity contribution >= 4 is 5.91 Å². The van der Waals surface area contributed by atoms with E-state index in [-0.39, 0.29) is 11.4 Å². The minimum absolute atomic E-state index is 0.0587. The Morgan fingerprint density at radius 3 is 2.96 bits per heavy atom. The Kier molecular flexibility index (Phi) is 4.04. The highest BCUT2D eigenvalue weighted by Crippen LogP contribution is 2.30. The van der Waals surface area contributed by atoms with Gasteiger partial charge in [-0.3, -0.25) is 9.78 Å². The zero-order chi connectivity index (χ0) is 17.3. The quantitative estimate of drug-likeness (QED) is 0.866. The number of carbonyl (C=O) groups excluding carboxylic acids is 1. The summed E-state index contributed by atoms with van der Waals surface area (Å²) in [5.74, 6) is 0.903. The Labute approximate surface area is 147 Å². The lowest BCUT2D eigenvalue weighted by Gasteiger charge is -2.31. The molecular weight excluding hydrogens is 312 g/mol. The van der Waals surface area contributed by atoms with E-state index in [0.29, 0.717) is 5.56 Å². The van der Waals surface area contributed by atoms with E-state index >= 15 is 0 Å². The number of pyridine rings is 1. The summed E-state index contributed by atoms with van der Waals surface area (Å²) in [5.41, 5.74) is 3.67. The SMILES string of the molecule is CC1(NC(=O)c2cncc(-c3ccc4c(c3)CCO4)c2)CC=CCC1. The van der Waals surface area contributed by atoms with Gasteiger partial charge >= 0.3 is 0 Å². The first-order valence-corrected chi connectivity index (χ1v) is 8.82. The minimum Gasteiger partial charge on any atom is -0.493 e. The number of hydrogen-bond acceptors (Lipinski definition) is 3. The van der Waals surface area contributed by atoms with Gasteiger partial charge in [0.05, 0.1) is 12.2 Å². The number of hydrogen-bond donors (Lipinski definition) is 1. The third-order valence-corrected chi connectivity index (χ3v) is 5.04. The van der Waals surface area contributed by atoms with E-state index in [1.807, 2.05) is 18.2 Å². The van der Waals surface area contributed by atoms with Crippen LogP contribution < -0.4 is 10.1 Å². The first kappa shape index (κ1) is 15.9. The summed E-state index contributed by atoms with van der Waals surface area (Å²) in [6.45, 7) is 2.85. The Balaban J connectivity index is 1.57. The lowest BCUT2D eigenvalue weighted by molar-refractivity contribution is 0.0900. The molecule has 0 saturated carbocycles. The number of benzene rings is 1. The van der Waals surface area contributed by atoms with Crippen molar-refractivity contribution in [1.82, 2.24) is 10.3 Å². The van der Waals surface area contributed by atoms with Crippen LogP contribution in [0.3, 0.4) is 0 Å². The maximum atomic E-state index is 12.7. The fourth-order valence-electron chi connectivity index (χ4n) is 3.51. The number of rotatable bonds is 3. The summed E-state index contributed by atoms with van der Waals surface area (Å²) in [6.07, 6.45) is 11.5. The molecule has 2 aromatic rings. The van der Waals surface area contributed by atoms with Crippen molar-refractivity contribution in [2.45, 2.75) is 38.1 Å². The lowest BCUT2D eigenvalue weighted by atomic mass is 9.87. The molecule has 25 heavy (non-hydrogen) atoms. The van der Waals surface area contributed by atoms with Crippen LogP contribution >= 0.6 is 0 Å². The highest BCUT2D eigenvalue weighted by atomic mass is 16.5. The molecule has 4 nitrogen and oxygen atoms in total. The van der Waals surface area contributed by atoms with Crippen molar-refractivity contribution in [2.75, 3.05) is 6.61 Å². The fourth-order valence-corrected chi connectivity index (χ4v) is 3.51. The zero-order valence-corrected chi connectivity index (χ0v) is 14.4. The molecule has 0 radical (unpaired) electrons. The molecule has 0 saturated heterocycles. The van der Waals surface area contributed by atoms with Crippen molar-refractivity contribution in [3.8, 4) is 16.9 Å². The molecule has 4 heteroatoms. The summed E-state index contributed by atoms with van der Waals surface area (Å²) in [6, 6.07) is 8.08. The number of carbonyl (C=O) groups is 1. The Morgan fingerprint density at radius 1 is 1.20 bits per heavy atom. The zero-order valence-electron chi connectivity index (χ0n) is 14.4. The monoisotopic (exact) mass is 334 g/mol. The Morgan fingerprint density at radius 2 is 2.12 bits per heavy atom. The molecule has 4 rings (SSSR count). The molecule has 0 spiro atoms. The minimum atomic E-state index is -0.174. The lowest BCUT2D eigenvalue weighted by Crippen LogP contribution is -2.46. The van der Waals surface area contributed by atoms with Crippen LogP contribution in [0.5, 0.6) is 5.75 Å². The molecule has 1 aromatic carbocycles. The van der Waals surface area contributed by atoms with E-state index in [4.69, 9.17) is 4.74 Å². The predicted octanol–water partition coefficient (Wildman–Crippen LogP) is 3.91. The maximum absolute atomic E-state index is 12.7. The molecule has 0 bridgehead atoms. The van der Waals surface area contributed by atoms with Crippen LogP contribution in [0.1, 0.15) is 42.1 Å². The first-order valence-electron chi connectivity index (χ1n) is 8.82. The van der Waals surface area contributed by atoms with Crippen molar-refractivity contribution in [3.63, 3.8) is 0 Å². The van der Waals surface area contributed by atoms with E-state index in [9.17, 15) is 4.79 Å². The van der Waals surface area contributed by atoms with E-state index in [1.54, 1.807) is 12.4 Å². The molecular formula is C21H22N2O2. The smallest absolute Gasteiger partial charge is 0.253 e. The summed E-state index contributed by atoms with van der Waals surface area (Å²) in [4.78, 5) is 17.0. The van der Waals surface area contributed by atoms with Gasteiger partial charge in [0, 0.05) is 29.9 Å². The molecule has 2 heterocycles. The normalized spacial score (nSPS) is 21.5. The van der Waals surface area contributed by atoms with Gasteiger partial charge in [0.1, 0.15) is 5.75 Å². The number of fused-ring (bicyclic) bond motifs is 1. The van der Waals surface area contributed by atoms with Crippen molar-refractivity contribution in [2.24, 2.45) is 0 Å². The average Bonchev–Trinajstić information content (AvgIpc) is 3.10. The van der Waals surface area contributed by atoms with Crippen LogP contribution in [0.15, 0.2) is 48.8 Å². The molecule has 1 atom stereocenters. The van der Waals surface area contributed by atoms with Gasteiger partial charge in [-0.2, -0.15) is 0 Å². The second-order valence-electron chi connectivity index (χ2n) is 7.11. The Bertz CT molecular complexity index is 844. The van der Waals surface area contributed by atoms with Gasteiger partial charge < -0.3 is 10.1 Å². The van der Waals surface area contributed by atoms with Gasteiger partial charge in [0.25, 0.3) is 5.91 Å². The second-order valence-corrected chi connectivity index (χ2v) is 7.11. The third-order valence-electron chi connectivity index (χ3n) is 5.04. The number of ether oxygens (including phenoxy) is 1.